The van der Waals surface area contributed by atoms with Gasteiger partial charge in [0.2, 0.25) is 0 Å². The number of nitrogens with zero attached hydrogens (tertiary/aromatic N) is 1. The highest BCUT2D eigenvalue weighted by Crippen LogP contribution is 2.19. The van der Waals surface area contributed by atoms with Gasteiger partial charge in [-0.3, -0.25) is 0 Å². The highest BCUT2D eigenvalue weighted by molar-refractivity contribution is 4.96. The predicted molar refractivity (Wildman–Crippen MR) is 59.0 cm³/mol. The van der Waals surface area contributed by atoms with Crippen LogP contribution in [0.25, 0.3) is 0 Å². The molecule has 0 aliphatic heterocycles. The van der Waals surface area contributed by atoms with Crippen LogP contribution in [0.2, 0.25) is 0 Å². The summed E-state index contributed by atoms with van der Waals surface area (Å²) in [7, 11) is 0. The molecule has 0 saturated carbocycles. The zero-order chi connectivity index (χ0) is 10.4. The minimum Gasteiger partial charge on any atom is -0.347 e. The first kappa shape index (κ1) is 11.2. The normalized spacial score (nSPS) is 11.9. The number of hydrogen-bond donors (Lipinski definition) is 2. The molecule has 14 heavy (non-hydrogen) atoms. The molecule has 1 aromatic rings. The fraction of sp³-hybridized carbons (Fsp3) is 0.727. The summed E-state index contributed by atoms with van der Waals surface area (Å²) in [5.74, 6) is 0. The smallest absolute Gasteiger partial charge is 0.0922 e. The molecule has 0 radical (unpaired) electrons. The van der Waals surface area contributed by atoms with E-state index in [1.165, 1.54) is 19.3 Å². The van der Waals surface area contributed by atoms with E-state index in [1.807, 2.05) is 6.20 Å². The van der Waals surface area contributed by atoms with Crippen LogP contribution in [0, 0.1) is 0 Å². The van der Waals surface area contributed by atoms with Gasteiger partial charge in [-0.25, -0.2) is 4.98 Å². The molecular weight excluding hydrogens is 174 g/mol. The Hall–Kier alpha value is -0.830. The summed E-state index contributed by atoms with van der Waals surface area (Å²) in [5.41, 5.74) is 1.45. The summed E-state index contributed by atoms with van der Waals surface area (Å²) in [4.78, 5) is 7.11. The highest BCUT2D eigenvalue weighted by atomic mass is 15.0. The van der Waals surface area contributed by atoms with Gasteiger partial charge in [0.25, 0.3) is 0 Å². The third-order valence-electron chi connectivity index (χ3n) is 3.24. The molecule has 0 aromatic carbocycles. The molecule has 0 unspecified atom stereocenters. The van der Waals surface area contributed by atoms with E-state index in [1.54, 1.807) is 6.33 Å². The van der Waals surface area contributed by atoms with E-state index in [0.29, 0.717) is 5.54 Å². The second-order valence-corrected chi connectivity index (χ2v) is 3.77. The summed E-state index contributed by atoms with van der Waals surface area (Å²) in [5, 5.41) is 3.61. The van der Waals surface area contributed by atoms with Crippen molar-refractivity contribution in [3.63, 3.8) is 0 Å². The van der Waals surface area contributed by atoms with E-state index in [9.17, 15) is 0 Å². The number of rotatable bonds is 6. The molecule has 0 fully saturated rings. The molecule has 0 atom stereocenters. The maximum Gasteiger partial charge on any atom is 0.0922 e. The minimum atomic E-state index is 0.297. The fourth-order valence-corrected chi connectivity index (χ4v) is 1.79. The fourth-order valence-electron chi connectivity index (χ4n) is 1.79. The SMILES string of the molecule is CCC(CC)(CC)NCc1cnc[nH]1. The molecule has 0 bridgehead atoms. The number of aromatic amines is 1. The Morgan fingerprint density at radius 1 is 1.29 bits per heavy atom. The maximum absolute atomic E-state index is 4.00. The summed E-state index contributed by atoms with van der Waals surface area (Å²) >= 11 is 0. The van der Waals surface area contributed by atoms with Crippen LogP contribution in [0.3, 0.4) is 0 Å². The Morgan fingerprint density at radius 3 is 2.36 bits per heavy atom. The first-order chi connectivity index (χ1) is 6.76. The summed E-state index contributed by atoms with van der Waals surface area (Å²) in [6.45, 7) is 7.61. The van der Waals surface area contributed by atoms with Crippen molar-refractivity contribution in [1.82, 2.24) is 15.3 Å². The second-order valence-electron chi connectivity index (χ2n) is 3.77. The van der Waals surface area contributed by atoms with Crippen molar-refractivity contribution in [2.75, 3.05) is 0 Å². The minimum absolute atomic E-state index is 0.297. The third kappa shape index (κ3) is 2.58. The quantitative estimate of drug-likeness (QED) is 0.732. The average Bonchev–Trinajstić information content (AvgIpc) is 2.74. The van der Waals surface area contributed by atoms with Crippen molar-refractivity contribution in [3.05, 3.63) is 18.2 Å². The molecule has 0 spiro atoms. The standard InChI is InChI=1S/C11H21N3/c1-4-11(5-2,6-3)14-8-10-7-12-9-13-10/h7,9,14H,4-6,8H2,1-3H3,(H,12,13). The van der Waals surface area contributed by atoms with Gasteiger partial charge >= 0.3 is 0 Å². The first-order valence-electron chi connectivity index (χ1n) is 5.48. The van der Waals surface area contributed by atoms with Gasteiger partial charge in [0.15, 0.2) is 0 Å². The lowest BCUT2D eigenvalue weighted by atomic mass is 9.90. The number of H-pyrrole nitrogens is 1. The topological polar surface area (TPSA) is 40.7 Å². The van der Waals surface area contributed by atoms with Crippen LogP contribution in [0.5, 0.6) is 0 Å². The number of aromatic nitrogens is 2. The van der Waals surface area contributed by atoms with Crippen LogP contribution < -0.4 is 5.32 Å². The van der Waals surface area contributed by atoms with Crippen molar-refractivity contribution in [3.8, 4) is 0 Å². The Morgan fingerprint density at radius 2 is 1.93 bits per heavy atom. The lowest BCUT2D eigenvalue weighted by Gasteiger charge is -2.31. The van der Waals surface area contributed by atoms with E-state index < -0.39 is 0 Å². The van der Waals surface area contributed by atoms with Gasteiger partial charge in [-0.1, -0.05) is 20.8 Å². The number of nitrogens with one attached hydrogen (secondary N) is 2. The van der Waals surface area contributed by atoms with E-state index in [0.717, 1.165) is 12.2 Å². The molecule has 1 heterocycles. The van der Waals surface area contributed by atoms with Crippen molar-refractivity contribution in [2.24, 2.45) is 0 Å². The number of hydrogen-bond acceptors (Lipinski definition) is 2. The van der Waals surface area contributed by atoms with Crippen LogP contribution in [0.1, 0.15) is 45.7 Å². The van der Waals surface area contributed by atoms with E-state index in [4.69, 9.17) is 0 Å². The molecule has 0 aliphatic rings. The summed E-state index contributed by atoms with van der Waals surface area (Å²) in [6.07, 6.45) is 7.12. The molecule has 80 valence electrons. The Kier molecular flexibility index (Phi) is 4.14. The Balaban J connectivity index is 2.48. The molecule has 3 nitrogen and oxygen atoms in total. The van der Waals surface area contributed by atoms with Gasteiger partial charge in [0.05, 0.1) is 6.33 Å². The second kappa shape index (κ2) is 5.15. The highest BCUT2D eigenvalue weighted by Gasteiger charge is 2.22. The predicted octanol–water partition coefficient (Wildman–Crippen LogP) is 2.47. The zero-order valence-corrected chi connectivity index (χ0v) is 9.43. The molecule has 0 saturated heterocycles. The Bertz CT molecular complexity index is 229. The lowest BCUT2D eigenvalue weighted by Crippen LogP contribution is -2.43. The average molecular weight is 195 g/mol. The van der Waals surface area contributed by atoms with Crippen LogP contribution in [0.4, 0.5) is 0 Å². The molecule has 1 aromatic heterocycles. The molecule has 2 N–H and O–H groups in total. The van der Waals surface area contributed by atoms with Crippen LogP contribution in [-0.2, 0) is 6.54 Å². The van der Waals surface area contributed by atoms with E-state index in [2.05, 4.69) is 36.1 Å². The van der Waals surface area contributed by atoms with Crippen molar-refractivity contribution in [1.29, 1.82) is 0 Å². The van der Waals surface area contributed by atoms with Gasteiger partial charge in [-0.05, 0) is 19.3 Å². The van der Waals surface area contributed by atoms with Gasteiger partial charge in [0.1, 0.15) is 0 Å². The molecular formula is C11H21N3. The summed E-state index contributed by atoms with van der Waals surface area (Å²) < 4.78 is 0. The largest absolute Gasteiger partial charge is 0.347 e. The van der Waals surface area contributed by atoms with Crippen LogP contribution in [-0.4, -0.2) is 15.5 Å². The van der Waals surface area contributed by atoms with E-state index in [-0.39, 0.29) is 0 Å². The third-order valence-corrected chi connectivity index (χ3v) is 3.24. The Labute approximate surface area is 86.3 Å². The zero-order valence-electron chi connectivity index (χ0n) is 9.43. The van der Waals surface area contributed by atoms with Crippen molar-refractivity contribution >= 4 is 0 Å². The molecule has 0 amide bonds. The summed E-state index contributed by atoms with van der Waals surface area (Å²) in [6, 6.07) is 0. The number of imidazole rings is 1. The molecule has 3 heteroatoms. The van der Waals surface area contributed by atoms with Crippen molar-refractivity contribution < 1.29 is 0 Å². The van der Waals surface area contributed by atoms with Gasteiger partial charge < -0.3 is 10.3 Å². The lowest BCUT2D eigenvalue weighted by molar-refractivity contribution is 0.287. The van der Waals surface area contributed by atoms with E-state index >= 15 is 0 Å². The molecule has 0 aliphatic carbocycles. The van der Waals surface area contributed by atoms with Gasteiger partial charge in [-0.2, -0.15) is 0 Å². The van der Waals surface area contributed by atoms with Gasteiger partial charge in [0, 0.05) is 24.0 Å². The molecule has 1 rings (SSSR count). The van der Waals surface area contributed by atoms with Gasteiger partial charge in [-0.15, -0.1) is 0 Å². The maximum atomic E-state index is 4.00. The van der Waals surface area contributed by atoms with Crippen molar-refractivity contribution in [2.45, 2.75) is 52.1 Å². The monoisotopic (exact) mass is 195 g/mol. The van der Waals surface area contributed by atoms with Crippen LogP contribution >= 0.6 is 0 Å². The van der Waals surface area contributed by atoms with Crippen LogP contribution in [0.15, 0.2) is 12.5 Å². The first-order valence-corrected chi connectivity index (χ1v) is 5.48.